The van der Waals surface area contributed by atoms with Gasteiger partial charge in [-0.3, -0.25) is 4.90 Å². The van der Waals surface area contributed by atoms with Crippen molar-refractivity contribution in [3.05, 3.63) is 0 Å². The van der Waals surface area contributed by atoms with Crippen LogP contribution in [0.3, 0.4) is 0 Å². The largest absolute Gasteiger partial charge is 0.312 e. The van der Waals surface area contributed by atoms with Gasteiger partial charge in [-0.15, -0.1) is 0 Å². The summed E-state index contributed by atoms with van der Waals surface area (Å²) >= 11 is 0. The molecule has 2 saturated carbocycles. The maximum atomic E-state index is 3.96. The number of likely N-dealkylation sites (tertiary alicyclic amines) is 1. The van der Waals surface area contributed by atoms with E-state index in [0.29, 0.717) is 0 Å². The fourth-order valence-corrected chi connectivity index (χ4v) is 4.64. The van der Waals surface area contributed by atoms with Gasteiger partial charge in [0.25, 0.3) is 0 Å². The summed E-state index contributed by atoms with van der Waals surface area (Å²) in [6.45, 7) is 13.4. The molecule has 3 rings (SSSR count). The summed E-state index contributed by atoms with van der Waals surface area (Å²) in [5, 5.41) is 3.96. The van der Waals surface area contributed by atoms with Gasteiger partial charge < -0.3 is 10.2 Å². The summed E-state index contributed by atoms with van der Waals surface area (Å²) in [7, 11) is 0. The number of fused-ring (bicyclic) bond motifs is 2. The first-order valence-electron chi connectivity index (χ1n) is 9.40. The molecule has 0 radical (unpaired) electrons. The van der Waals surface area contributed by atoms with E-state index >= 15 is 0 Å². The highest BCUT2D eigenvalue weighted by Gasteiger charge is 2.39. The second-order valence-corrected chi connectivity index (χ2v) is 7.84. The Balaban J connectivity index is 1.48. The molecule has 122 valence electrons. The number of nitrogens with one attached hydrogen (secondary N) is 1. The minimum atomic E-state index is 0.722. The molecule has 1 saturated heterocycles. The fraction of sp³-hybridized carbons (Fsp3) is 1.00. The normalized spacial score (nSPS) is 33.9. The Morgan fingerprint density at radius 1 is 1.10 bits per heavy atom. The quantitative estimate of drug-likeness (QED) is 0.778. The topological polar surface area (TPSA) is 18.5 Å². The van der Waals surface area contributed by atoms with Crippen molar-refractivity contribution in [3.8, 4) is 0 Å². The smallest absolute Gasteiger partial charge is 0.0148 e. The molecule has 1 aliphatic heterocycles. The van der Waals surface area contributed by atoms with E-state index in [1.165, 1.54) is 64.8 Å². The van der Waals surface area contributed by atoms with Crippen LogP contribution in [0.4, 0.5) is 0 Å². The van der Waals surface area contributed by atoms with Crippen LogP contribution in [0.2, 0.25) is 0 Å². The summed E-state index contributed by atoms with van der Waals surface area (Å²) in [6, 6.07) is 2.44. The zero-order valence-corrected chi connectivity index (χ0v) is 14.4. The molecular formula is C18H35N3. The highest BCUT2D eigenvalue weighted by molar-refractivity contribution is 4.95. The second kappa shape index (κ2) is 6.97. The van der Waals surface area contributed by atoms with Gasteiger partial charge in [-0.05, 0) is 57.9 Å². The molecule has 0 aromatic rings. The van der Waals surface area contributed by atoms with Gasteiger partial charge in [-0.2, -0.15) is 0 Å². The lowest BCUT2D eigenvalue weighted by Gasteiger charge is -2.49. The molecule has 2 bridgehead atoms. The number of nitrogens with zero attached hydrogens (tertiary/aromatic N) is 2. The molecule has 2 unspecified atom stereocenters. The molecule has 3 nitrogen and oxygen atoms in total. The number of piperidine rings is 1. The third-order valence-electron chi connectivity index (χ3n) is 6.08. The number of likely N-dealkylation sites (N-methyl/N-ethyl adjacent to an activating group) is 1. The Hall–Kier alpha value is -0.120. The van der Waals surface area contributed by atoms with Crippen LogP contribution in [0.1, 0.15) is 52.9 Å². The summed E-state index contributed by atoms with van der Waals surface area (Å²) < 4.78 is 0. The molecule has 2 atom stereocenters. The Morgan fingerprint density at radius 3 is 2.29 bits per heavy atom. The van der Waals surface area contributed by atoms with Crippen LogP contribution >= 0.6 is 0 Å². The van der Waals surface area contributed by atoms with Gasteiger partial charge in [0.15, 0.2) is 0 Å². The van der Waals surface area contributed by atoms with Crippen molar-refractivity contribution in [3.63, 3.8) is 0 Å². The fourth-order valence-electron chi connectivity index (χ4n) is 4.64. The van der Waals surface area contributed by atoms with Gasteiger partial charge in [-0.1, -0.05) is 13.3 Å². The van der Waals surface area contributed by atoms with Crippen molar-refractivity contribution in [2.75, 3.05) is 32.7 Å². The molecule has 2 aliphatic carbocycles. The molecule has 3 fully saturated rings. The van der Waals surface area contributed by atoms with Crippen molar-refractivity contribution in [1.82, 2.24) is 15.1 Å². The van der Waals surface area contributed by atoms with E-state index in [0.717, 1.165) is 30.0 Å². The molecule has 1 heterocycles. The van der Waals surface area contributed by atoms with E-state index in [4.69, 9.17) is 0 Å². The molecule has 3 heteroatoms. The van der Waals surface area contributed by atoms with E-state index < -0.39 is 0 Å². The summed E-state index contributed by atoms with van der Waals surface area (Å²) in [6.07, 6.45) is 7.22. The van der Waals surface area contributed by atoms with Crippen LogP contribution in [0.15, 0.2) is 0 Å². The van der Waals surface area contributed by atoms with E-state index in [1.807, 2.05) is 0 Å². The van der Waals surface area contributed by atoms with Gasteiger partial charge in [0.05, 0.1) is 0 Å². The van der Waals surface area contributed by atoms with E-state index in [9.17, 15) is 0 Å². The van der Waals surface area contributed by atoms with Gasteiger partial charge in [-0.25, -0.2) is 0 Å². The van der Waals surface area contributed by atoms with E-state index in [2.05, 4.69) is 35.9 Å². The van der Waals surface area contributed by atoms with Crippen molar-refractivity contribution < 1.29 is 0 Å². The average Bonchev–Trinajstić information content (AvgIpc) is 3.27. The van der Waals surface area contributed by atoms with Crippen molar-refractivity contribution >= 4 is 0 Å². The first-order chi connectivity index (χ1) is 10.2. The van der Waals surface area contributed by atoms with Crippen LogP contribution in [0.5, 0.6) is 0 Å². The zero-order chi connectivity index (χ0) is 14.8. The summed E-state index contributed by atoms with van der Waals surface area (Å²) in [5.41, 5.74) is 0. The number of hydrogen-bond donors (Lipinski definition) is 1. The molecule has 0 aromatic heterocycles. The van der Waals surface area contributed by atoms with Gasteiger partial charge in [0.2, 0.25) is 0 Å². The Kier molecular flexibility index (Phi) is 5.23. The van der Waals surface area contributed by atoms with Crippen molar-refractivity contribution in [2.45, 2.75) is 71.0 Å². The summed E-state index contributed by atoms with van der Waals surface area (Å²) in [5.74, 6) is 1.80. The predicted octanol–water partition coefficient (Wildman–Crippen LogP) is 2.57. The molecule has 0 aromatic carbocycles. The maximum Gasteiger partial charge on any atom is 0.0148 e. The Labute approximate surface area is 131 Å². The first kappa shape index (κ1) is 15.8. The minimum Gasteiger partial charge on any atom is -0.312 e. The number of rotatable bonds is 7. The lowest BCUT2D eigenvalue weighted by Crippen LogP contribution is -2.59. The van der Waals surface area contributed by atoms with E-state index in [1.54, 1.807) is 0 Å². The highest BCUT2D eigenvalue weighted by Crippen LogP contribution is 2.35. The van der Waals surface area contributed by atoms with Gasteiger partial charge in [0, 0.05) is 44.3 Å². The van der Waals surface area contributed by atoms with E-state index in [-0.39, 0.29) is 0 Å². The summed E-state index contributed by atoms with van der Waals surface area (Å²) in [4.78, 5) is 5.39. The van der Waals surface area contributed by atoms with Crippen LogP contribution in [-0.2, 0) is 0 Å². The molecule has 3 aliphatic rings. The monoisotopic (exact) mass is 293 g/mol. The lowest BCUT2D eigenvalue weighted by atomic mass is 9.73. The molecule has 0 amide bonds. The van der Waals surface area contributed by atoms with Crippen LogP contribution < -0.4 is 5.32 Å². The lowest BCUT2D eigenvalue weighted by molar-refractivity contribution is 0.0288. The number of hydrogen-bond acceptors (Lipinski definition) is 3. The Morgan fingerprint density at radius 2 is 1.76 bits per heavy atom. The van der Waals surface area contributed by atoms with Crippen molar-refractivity contribution in [2.24, 2.45) is 11.8 Å². The first-order valence-corrected chi connectivity index (χ1v) is 9.40. The van der Waals surface area contributed by atoms with Crippen molar-refractivity contribution in [1.29, 1.82) is 0 Å². The molecular weight excluding hydrogens is 258 g/mol. The Bertz CT molecular complexity index is 312. The SMILES string of the molecule is CCN(CCNC1C2CCCC1CN(C(C)C)C2)C1CC1. The standard InChI is InChI=1S/C18H35N3/c1-4-20(17-8-9-17)11-10-19-18-15-6-5-7-16(18)13-21(12-15)14(2)3/h14-19H,4-13H2,1-3H3. The molecule has 0 spiro atoms. The zero-order valence-electron chi connectivity index (χ0n) is 14.4. The van der Waals surface area contributed by atoms with Crippen LogP contribution in [0, 0.1) is 11.8 Å². The van der Waals surface area contributed by atoms with Gasteiger partial charge >= 0.3 is 0 Å². The highest BCUT2D eigenvalue weighted by atomic mass is 15.2. The average molecular weight is 293 g/mol. The van der Waals surface area contributed by atoms with Crippen LogP contribution in [-0.4, -0.2) is 60.6 Å². The van der Waals surface area contributed by atoms with Gasteiger partial charge in [0.1, 0.15) is 0 Å². The third-order valence-corrected chi connectivity index (χ3v) is 6.08. The molecule has 21 heavy (non-hydrogen) atoms. The van der Waals surface area contributed by atoms with Crippen LogP contribution in [0.25, 0.3) is 0 Å². The maximum absolute atomic E-state index is 3.96. The predicted molar refractivity (Wildman–Crippen MR) is 89.6 cm³/mol. The second-order valence-electron chi connectivity index (χ2n) is 7.84. The minimum absolute atomic E-state index is 0.722. The molecule has 1 N–H and O–H groups in total. The third kappa shape index (κ3) is 3.80.